The summed E-state index contributed by atoms with van der Waals surface area (Å²) in [5.41, 5.74) is 3.45. The monoisotopic (exact) mass is 474 g/mol. The van der Waals surface area contributed by atoms with Crippen LogP contribution in [-0.4, -0.2) is 57.8 Å². The number of aromatic nitrogens is 3. The summed E-state index contributed by atoms with van der Waals surface area (Å²) in [6, 6.07) is 13.8. The minimum absolute atomic E-state index is 0.0555. The molecule has 33 heavy (non-hydrogen) atoms. The molecule has 0 radical (unpaired) electrons. The molecule has 0 unspecified atom stereocenters. The fourth-order valence-corrected chi connectivity index (χ4v) is 4.08. The lowest BCUT2D eigenvalue weighted by Crippen LogP contribution is -2.32. The lowest BCUT2D eigenvalue weighted by molar-refractivity contribution is 0.144. The second kappa shape index (κ2) is 10.6. The molecule has 0 fully saturated rings. The number of sulfonamides is 1. The van der Waals surface area contributed by atoms with E-state index in [9.17, 15) is 8.42 Å². The van der Waals surface area contributed by atoms with Crippen LogP contribution >= 0.6 is 0 Å². The van der Waals surface area contributed by atoms with Crippen molar-refractivity contribution in [3.05, 3.63) is 48.5 Å². The van der Waals surface area contributed by atoms with Crippen LogP contribution in [0.5, 0.6) is 17.8 Å². The second-order valence-corrected chi connectivity index (χ2v) is 7.72. The van der Waals surface area contributed by atoms with Crippen molar-refractivity contribution in [3.63, 3.8) is 0 Å². The summed E-state index contributed by atoms with van der Waals surface area (Å²) in [4.78, 5) is 16.6. The van der Waals surface area contributed by atoms with Crippen molar-refractivity contribution in [2.24, 2.45) is 4.40 Å². The number of benzene rings is 2. The molecule has 3 rings (SSSR count). The second-order valence-electron chi connectivity index (χ2n) is 6.18. The molecular formula is C20H22N6O6S. The van der Waals surface area contributed by atoms with Gasteiger partial charge in [0.05, 0.1) is 28.4 Å². The smallest absolute Gasteiger partial charge is 0.324 e. The third-order valence-electron chi connectivity index (χ3n) is 4.14. The number of nitrogens with one attached hydrogen (secondary N) is 2. The predicted molar refractivity (Wildman–Crippen MR) is 120 cm³/mol. The molecule has 1 aromatic heterocycles. The molecule has 3 aromatic rings. The summed E-state index contributed by atoms with van der Waals surface area (Å²) < 4.78 is 46.0. The SMILES string of the molecule is CONC(=NS(=O)(=O)c1c(OC)cccc1-c1ccccc1)Nc1nc(OC)nc(OC)n1. The Morgan fingerprint density at radius 1 is 0.848 bits per heavy atom. The van der Waals surface area contributed by atoms with E-state index in [4.69, 9.17) is 19.0 Å². The highest BCUT2D eigenvalue weighted by molar-refractivity contribution is 7.90. The molecular weight excluding hydrogens is 452 g/mol. The van der Waals surface area contributed by atoms with E-state index in [1.807, 2.05) is 6.07 Å². The summed E-state index contributed by atoms with van der Waals surface area (Å²) in [5.74, 6) is -0.293. The number of ether oxygens (including phenoxy) is 3. The zero-order chi connectivity index (χ0) is 23.8. The number of anilines is 1. The molecule has 0 atom stereocenters. The van der Waals surface area contributed by atoms with Crippen molar-refractivity contribution in [2.75, 3.05) is 33.8 Å². The largest absolute Gasteiger partial charge is 0.495 e. The minimum Gasteiger partial charge on any atom is -0.495 e. The summed E-state index contributed by atoms with van der Waals surface area (Å²) in [7, 11) is 1.05. The fraction of sp³-hybridized carbons (Fsp3) is 0.200. The maximum atomic E-state index is 13.4. The molecule has 0 spiro atoms. The van der Waals surface area contributed by atoms with Gasteiger partial charge in [0.2, 0.25) is 11.9 Å². The Morgan fingerprint density at radius 2 is 1.52 bits per heavy atom. The molecule has 13 heteroatoms. The van der Waals surface area contributed by atoms with Gasteiger partial charge in [0.1, 0.15) is 10.6 Å². The van der Waals surface area contributed by atoms with Gasteiger partial charge in [0.25, 0.3) is 10.0 Å². The van der Waals surface area contributed by atoms with Crippen molar-refractivity contribution in [2.45, 2.75) is 4.90 Å². The molecule has 2 N–H and O–H groups in total. The molecule has 2 aromatic carbocycles. The average molecular weight is 474 g/mol. The van der Waals surface area contributed by atoms with Gasteiger partial charge in [-0.15, -0.1) is 9.38 Å². The average Bonchev–Trinajstić information content (AvgIpc) is 2.83. The molecule has 0 saturated heterocycles. The van der Waals surface area contributed by atoms with Crippen LogP contribution in [-0.2, 0) is 14.9 Å². The zero-order valence-corrected chi connectivity index (χ0v) is 19.1. The van der Waals surface area contributed by atoms with E-state index in [0.717, 1.165) is 0 Å². The van der Waals surface area contributed by atoms with Crippen LogP contribution in [0.15, 0.2) is 57.8 Å². The van der Waals surface area contributed by atoms with E-state index in [-0.39, 0.29) is 34.6 Å². The molecule has 0 aliphatic rings. The van der Waals surface area contributed by atoms with Gasteiger partial charge in [-0.25, -0.2) is 5.48 Å². The summed E-state index contributed by atoms with van der Waals surface area (Å²) >= 11 is 0. The Bertz CT molecular complexity index is 1210. The molecule has 0 aliphatic carbocycles. The van der Waals surface area contributed by atoms with Crippen LogP contribution in [0.4, 0.5) is 5.95 Å². The molecule has 174 valence electrons. The van der Waals surface area contributed by atoms with Crippen LogP contribution in [0.3, 0.4) is 0 Å². The predicted octanol–water partition coefficient (Wildman–Crippen LogP) is 1.87. The van der Waals surface area contributed by atoms with Gasteiger partial charge in [-0.3, -0.25) is 10.2 Å². The topological polar surface area (TPSA) is 146 Å². The molecule has 0 aliphatic heterocycles. The van der Waals surface area contributed by atoms with E-state index < -0.39 is 10.0 Å². The first kappa shape index (κ1) is 23.7. The van der Waals surface area contributed by atoms with Crippen molar-refractivity contribution >= 4 is 21.9 Å². The van der Waals surface area contributed by atoms with Crippen LogP contribution in [0.1, 0.15) is 0 Å². The Kier molecular flexibility index (Phi) is 7.58. The van der Waals surface area contributed by atoms with Gasteiger partial charge in [-0.2, -0.15) is 18.4 Å². The highest BCUT2D eigenvalue weighted by atomic mass is 32.2. The number of hydrogen-bond acceptors (Lipinski definition) is 9. The fourth-order valence-electron chi connectivity index (χ4n) is 2.80. The van der Waals surface area contributed by atoms with Crippen LogP contribution in [0, 0.1) is 0 Å². The van der Waals surface area contributed by atoms with Gasteiger partial charge in [-0.05, 0) is 11.6 Å². The van der Waals surface area contributed by atoms with Crippen molar-refractivity contribution in [1.82, 2.24) is 20.4 Å². The first-order valence-electron chi connectivity index (χ1n) is 9.39. The van der Waals surface area contributed by atoms with E-state index in [1.54, 1.807) is 36.4 Å². The first-order valence-corrected chi connectivity index (χ1v) is 10.8. The molecule has 0 bridgehead atoms. The highest BCUT2D eigenvalue weighted by Crippen LogP contribution is 2.35. The van der Waals surface area contributed by atoms with E-state index in [2.05, 4.69) is 30.1 Å². The maximum Gasteiger partial charge on any atom is 0.324 e. The Balaban J connectivity index is 2.10. The summed E-state index contributed by atoms with van der Waals surface area (Å²) in [5, 5.41) is 2.62. The number of guanidine groups is 1. The number of methoxy groups -OCH3 is 3. The number of nitrogens with zero attached hydrogens (tertiary/aromatic N) is 4. The van der Waals surface area contributed by atoms with Crippen molar-refractivity contribution < 1.29 is 27.5 Å². The summed E-state index contributed by atoms with van der Waals surface area (Å²) in [6.07, 6.45) is 0. The van der Waals surface area contributed by atoms with Crippen molar-refractivity contribution in [3.8, 4) is 28.9 Å². The van der Waals surface area contributed by atoms with Gasteiger partial charge < -0.3 is 14.2 Å². The van der Waals surface area contributed by atoms with Crippen LogP contribution in [0.25, 0.3) is 11.1 Å². The van der Waals surface area contributed by atoms with E-state index in [0.29, 0.717) is 11.1 Å². The van der Waals surface area contributed by atoms with Crippen LogP contribution < -0.4 is 25.0 Å². The third-order valence-corrected chi connectivity index (χ3v) is 5.50. The highest BCUT2D eigenvalue weighted by Gasteiger charge is 2.25. The lowest BCUT2D eigenvalue weighted by atomic mass is 10.1. The Labute approximate surface area is 190 Å². The quantitative estimate of drug-likeness (QED) is 0.280. The van der Waals surface area contributed by atoms with Gasteiger partial charge in [0, 0.05) is 5.56 Å². The van der Waals surface area contributed by atoms with E-state index in [1.165, 1.54) is 34.5 Å². The first-order chi connectivity index (χ1) is 15.9. The minimum atomic E-state index is -4.33. The third kappa shape index (κ3) is 5.64. The zero-order valence-electron chi connectivity index (χ0n) is 18.3. The standard InChI is InChI=1S/C20H22N6O6S/c1-29-15-12-8-11-14(13-9-6-5-7-10-13)16(15)33(27,28)26-18(25-32-4)21-17-22-19(30-2)24-20(23-17)31-3/h5-12H,1-4H3,(H2,21,22,23,24,25,26). The van der Waals surface area contributed by atoms with Crippen LogP contribution in [0.2, 0.25) is 0 Å². The number of hydrogen-bond donors (Lipinski definition) is 2. The molecule has 0 saturated carbocycles. The number of hydroxylamine groups is 1. The van der Waals surface area contributed by atoms with Gasteiger partial charge >= 0.3 is 12.0 Å². The molecule has 12 nitrogen and oxygen atoms in total. The normalized spacial score (nSPS) is 11.6. The maximum absolute atomic E-state index is 13.4. The summed E-state index contributed by atoms with van der Waals surface area (Å²) in [6.45, 7) is 0. The molecule has 1 heterocycles. The van der Waals surface area contributed by atoms with Crippen molar-refractivity contribution in [1.29, 1.82) is 0 Å². The Morgan fingerprint density at radius 3 is 2.09 bits per heavy atom. The van der Waals surface area contributed by atoms with Gasteiger partial charge in [-0.1, -0.05) is 42.5 Å². The van der Waals surface area contributed by atoms with E-state index >= 15 is 0 Å². The molecule has 0 amide bonds. The Hall–Kier alpha value is -3.97. The number of rotatable bonds is 8. The van der Waals surface area contributed by atoms with Gasteiger partial charge in [0.15, 0.2) is 0 Å². The lowest BCUT2D eigenvalue weighted by Gasteiger charge is -2.14.